The lowest BCUT2D eigenvalue weighted by Gasteiger charge is -2.12. The second kappa shape index (κ2) is 7.74. The molecule has 19 heavy (non-hydrogen) atoms. The zero-order chi connectivity index (χ0) is 14.3. The highest BCUT2D eigenvalue weighted by Crippen LogP contribution is 2.21. The molecule has 0 bridgehead atoms. The molecule has 1 unspecified atom stereocenters. The van der Waals surface area contributed by atoms with Crippen LogP contribution < -0.4 is 15.4 Å². The molecular formula is C14H21FN2O2. The largest absolute Gasteiger partial charge is 0.481 e. The highest BCUT2D eigenvalue weighted by molar-refractivity contribution is 5.77. The number of nitrogens with one attached hydrogen (secondary N) is 2. The van der Waals surface area contributed by atoms with Gasteiger partial charge in [0.25, 0.3) is 5.91 Å². The van der Waals surface area contributed by atoms with Crippen molar-refractivity contribution in [2.24, 2.45) is 0 Å². The van der Waals surface area contributed by atoms with E-state index in [1.165, 1.54) is 6.07 Å². The van der Waals surface area contributed by atoms with Gasteiger partial charge in [0, 0.05) is 12.6 Å². The van der Waals surface area contributed by atoms with Crippen molar-refractivity contribution < 1.29 is 13.9 Å². The molecule has 0 aliphatic rings. The maximum absolute atomic E-state index is 13.8. The summed E-state index contributed by atoms with van der Waals surface area (Å²) in [4.78, 5) is 11.3. The number of carbonyl (C=O) groups excluding carboxylic acids is 1. The Kier molecular flexibility index (Phi) is 6.29. The number of benzene rings is 1. The van der Waals surface area contributed by atoms with E-state index in [1.807, 2.05) is 20.9 Å². The number of hydrogen-bond donors (Lipinski definition) is 2. The summed E-state index contributed by atoms with van der Waals surface area (Å²) in [7, 11) is 1.81. The van der Waals surface area contributed by atoms with Crippen LogP contribution in [0.1, 0.15) is 31.9 Å². The minimum Gasteiger partial charge on any atom is -0.481 e. The van der Waals surface area contributed by atoms with E-state index >= 15 is 0 Å². The number of rotatable bonds is 7. The summed E-state index contributed by atoms with van der Waals surface area (Å²) in [5.41, 5.74) is 0.836. The van der Waals surface area contributed by atoms with Gasteiger partial charge in [-0.1, -0.05) is 13.0 Å². The predicted molar refractivity (Wildman–Crippen MR) is 72.7 cm³/mol. The van der Waals surface area contributed by atoms with Crippen molar-refractivity contribution >= 4 is 5.91 Å². The minimum absolute atomic E-state index is 0.0661. The zero-order valence-corrected chi connectivity index (χ0v) is 11.6. The van der Waals surface area contributed by atoms with E-state index in [0.717, 1.165) is 12.0 Å². The number of carbonyl (C=O) groups is 1. The summed E-state index contributed by atoms with van der Waals surface area (Å²) in [6.45, 7) is 4.33. The Labute approximate surface area is 113 Å². The third-order valence-corrected chi connectivity index (χ3v) is 2.82. The lowest BCUT2D eigenvalue weighted by molar-refractivity contribution is -0.123. The Morgan fingerprint density at radius 1 is 1.47 bits per heavy atom. The molecule has 0 aliphatic heterocycles. The van der Waals surface area contributed by atoms with E-state index in [9.17, 15) is 9.18 Å². The van der Waals surface area contributed by atoms with Crippen LogP contribution in [0.2, 0.25) is 0 Å². The minimum atomic E-state index is -0.456. The average molecular weight is 268 g/mol. The topological polar surface area (TPSA) is 50.4 Å². The van der Waals surface area contributed by atoms with Gasteiger partial charge in [0.2, 0.25) is 0 Å². The number of halogens is 1. The highest BCUT2D eigenvalue weighted by atomic mass is 19.1. The van der Waals surface area contributed by atoms with Crippen molar-refractivity contribution in [2.75, 3.05) is 20.2 Å². The van der Waals surface area contributed by atoms with Crippen LogP contribution in [-0.4, -0.2) is 26.1 Å². The molecule has 1 atom stereocenters. The van der Waals surface area contributed by atoms with Gasteiger partial charge in [-0.15, -0.1) is 0 Å². The maximum Gasteiger partial charge on any atom is 0.257 e. The van der Waals surface area contributed by atoms with Gasteiger partial charge in [0.05, 0.1) is 0 Å². The van der Waals surface area contributed by atoms with E-state index in [2.05, 4.69) is 10.6 Å². The number of ether oxygens (including phenoxy) is 1. The van der Waals surface area contributed by atoms with E-state index < -0.39 is 5.82 Å². The summed E-state index contributed by atoms with van der Waals surface area (Å²) < 4.78 is 18.9. The molecule has 0 aliphatic carbocycles. The van der Waals surface area contributed by atoms with Gasteiger partial charge < -0.3 is 15.4 Å². The first-order valence-electron chi connectivity index (χ1n) is 6.44. The van der Waals surface area contributed by atoms with E-state index in [-0.39, 0.29) is 24.3 Å². The molecule has 0 spiro atoms. The van der Waals surface area contributed by atoms with Gasteiger partial charge in [-0.25, -0.2) is 4.39 Å². The average Bonchev–Trinajstić information content (AvgIpc) is 2.42. The first-order chi connectivity index (χ1) is 9.08. The van der Waals surface area contributed by atoms with Crippen molar-refractivity contribution in [3.8, 4) is 5.75 Å². The molecular weight excluding hydrogens is 247 g/mol. The van der Waals surface area contributed by atoms with Crippen molar-refractivity contribution in [1.29, 1.82) is 0 Å². The van der Waals surface area contributed by atoms with Crippen LogP contribution in [0.4, 0.5) is 4.39 Å². The van der Waals surface area contributed by atoms with Crippen LogP contribution in [-0.2, 0) is 4.79 Å². The molecule has 0 radical (unpaired) electrons. The second-order valence-electron chi connectivity index (χ2n) is 4.34. The molecule has 0 aromatic heterocycles. The summed E-state index contributed by atoms with van der Waals surface area (Å²) in [5, 5.41) is 5.69. The van der Waals surface area contributed by atoms with Crippen LogP contribution in [0.15, 0.2) is 18.2 Å². The van der Waals surface area contributed by atoms with E-state index in [0.29, 0.717) is 6.54 Å². The Hall–Kier alpha value is -1.62. The van der Waals surface area contributed by atoms with Gasteiger partial charge in [0.15, 0.2) is 18.2 Å². The van der Waals surface area contributed by atoms with Crippen LogP contribution in [0.25, 0.3) is 0 Å². The van der Waals surface area contributed by atoms with Crippen molar-refractivity contribution in [3.05, 3.63) is 29.6 Å². The second-order valence-corrected chi connectivity index (χ2v) is 4.34. The van der Waals surface area contributed by atoms with Crippen LogP contribution >= 0.6 is 0 Å². The van der Waals surface area contributed by atoms with E-state index in [4.69, 9.17) is 4.74 Å². The zero-order valence-electron chi connectivity index (χ0n) is 11.6. The fourth-order valence-corrected chi connectivity index (χ4v) is 1.53. The third kappa shape index (κ3) is 4.87. The summed E-state index contributed by atoms with van der Waals surface area (Å²) >= 11 is 0. The summed E-state index contributed by atoms with van der Waals surface area (Å²) in [6, 6.07) is 4.81. The molecule has 0 fully saturated rings. The van der Waals surface area contributed by atoms with Crippen LogP contribution in [0, 0.1) is 5.82 Å². The smallest absolute Gasteiger partial charge is 0.257 e. The lowest BCUT2D eigenvalue weighted by Crippen LogP contribution is -2.29. The first-order valence-corrected chi connectivity index (χ1v) is 6.44. The molecule has 1 aromatic carbocycles. The van der Waals surface area contributed by atoms with E-state index in [1.54, 1.807) is 12.1 Å². The van der Waals surface area contributed by atoms with Gasteiger partial charge in [-0.05, 0) is 38.1 Å². The lowest BCUT2D eigenvalue weighted by atomic mass is 10.1. The van der Waals surface area contributed by atoms with Gasteiger partial charge in [-0.3, -0.25) is 4.79 Å². The molecule has 1 rings (SSSR count). The molecule has 5 heteroatoms. The molecule has 0 saturated heterocycles. The molecule has 106 valence electrons. The predicted octanol–water partition coefficient (Wildman–Crippen LogP) is 2.01. The Bertz CT molecular complexity index is 424. The van der Waals surface area contributed by atoms with Gasteiger partial charge in [-0.2, -0.15) is 0 Å². The van der Waals surface area contributed by atoms with Crippen LogP contribution in [0.5, 0.6) is 5.75 Å². The maximum atomic E-state index is 13.8. The molecule has 4 nitrogen and oxygen atoms in total. The normalized spacial score (nSPS) is 12.0. The van der Waals surface area contributed by atoms with Crippen LogP contribution in [0.3, 0.4) is 0 Å². The fourth-order valence-electron chi connectivity index (χ4n) is 1.53. The summed E-state index contributed by atoms with van der Waals surface area (Å²) in [5.74, 6) is -0.601. The Morgan fingerprint density at radius 3 is 2.79 bits per heavy atom. The number of hydrogen-bond acceptors (Lipinski definition) is 3. The number of amides is 1. The molecule has 2 N–H and O–H groups in total. The molecule has 0 heterocycles. The fraction of sp³-hybridized carbons (Fsp3) is 0.500. The Balaban J connectivity index is 2.57. The van der Waals surface area contributed by atoms with Crippen molar-refractivity contribution in [1.82, 2.24) is 10.6 Å². The molecule has 0 saturated carbocycles. The highest BCUT2D eigenvalue weighted by Gasteiger charge is 2.10. The quantitative estimate of drug-likeness (QED) is 0.795. The standard InChI is InChI=1S/C14H21FN2O2/c1-4-7-17-14(18)9-19-13-6-5-11(8-12(13)15)10(2)16-3/h5-6,8,10,16H,4,7,9H2,1-3H3,(H,17,18). The molecule has 1 aromatic rings. The molecule has 1 amide bonds. The van der Waals surface area contributed by atoms with Crippen molar-refractivity contribution in [3.63, 3.8) is 0 Å². The monoisotopic (exact) mass is 268 g/mol. The van der Waals surface area contributed by atoms with Gasteiger partial charge in [0.1, 0.15) is 0 Å². The Morgan fingerprint density at radius 2 is 2.21 bits per heavy atom. The van der Waals surface area contributed by atoms with Crippen molar-refractivity contribution in [2.45, 2.75) is 26.3 Å². The third-order valence-electron chi connectivity index (χ3n) is 2.82. The SMILES string of the molecule is CCCNC(=O)COc1ccc(C(C)NC)cc1F. The first kappa shape index (κ1) is 15.4. The summed E-state index contributed by atoms with van der Waals surface area (Å²) in [6.07, 6.45) is 0.858. The van der Waals surface area contributed by atoms with Gasteiger partial charge >= 0.3 is 0 Å².